The molecule has 74 valence electrons. The number of alkyl halides is 1. The lowest BCUT2D eigenvalue weighted by Crippen LogP contribution is -1.85. The first-order valence-corrected chi connectivity index (χ1v) is 5.57. The van der Waals surface area contributed by atoms with Crippen LogP contribution < -0.4 is 0 Å². The van der Waals surface area contributed by atoms with Gasteiger partial charge in [-0.15, -0.1) is 22.9 Å². The first-order chi connectivity index (χ1) is 6.77. The number of phenolic OH excluding ortho intramolecular Hbond substituents is 1. The van der Waals surface area contributed by atoms with Crippen molar-refractivity contribution in [2.45, 2.75) is 12.5 Å². The molecule has 0 aliphatic rings. The Morgan fingerprint density at radius 1 is 1.29 bits per heavy atom. The van der Waals surface area contributed by atoms with Gasteiger partial charge in [-0.2, -0.15) is 0 Å². The second kappa shape index (κ2) is 3.77. The highest BCUT2D eigenvalue weighted by Crippen LogP contribution is 2.36. The van der Waals surface area contributed by atoms with Crippen LogP contribution in [0, 0.1) is 0 Å². The van der Waals surface area contributed by atoms with Gasteiger partial charge in [0.2, 0.25) is 0 Å². The quantitative estimate of drug-likeness (QED) is 0.776. The summed E-state index contributed by atoms with van der Waals surface area (Å²) >= 11 is 7.21. The first kappa shape index (κ1) is 9.77. The Hall–Kier alpha value is -0.770. The molecule has 2 nitrogen and oxygen atoms in total. The molecule has 1 aromatic carbocycles. The van der Waals surface area contributed by atoms with Gasteiger partial charge in [-0.25, -0.2) is 0 Å². The molecule has 0 bridgehead atoms. The fraction of sp³-hybridized carbons (Fsp3) is 0.200. The predicted molar refractivity (Wildman–Crippen MR) is 59.0 cm³/mol. The number of phenols is 1. The molecular weight excluding hydrogens is 220 g/mol. The summed E-state index contributed by atoms with van der Waals surface area (Å²) in [7, 11) is 0. The third kappa shape index (κ3) is 1.38. The van der Waals surface area contributed by atoms with Gasteiger partial charge in [-0.1, -0.05) is 6.07 Å². The molecule has 2 aromatic rings. The average molecular weight is 229 g/mol. The number of rotatable bonds is 2. The van der Waals surface area contributed by atoms with E-state index in [1.165, 1.54) is 11.3 Å². The lowest BCUT2D eigenvalue weighted by atomic mass is 10.1. The summed E-state index contributed by atoms with van der Waals surface area (Å²) < 4.78 is 0.798. The topological polar surface area (TPSA) is 40.5 Å². The van der Waals surface area contributed by atoms with Gasteiger partial charge in [0, 0.05) is 11.3 Å². The van der Waals surface area contributed by atoms with Gasteiger partial charge in [0.05, 0.1) is 11.3 Å². The number of aromatic hydroxyl groups is 1. The van der Waals surface area contributed by atoms with E-state index in [0.717, 1.165) is 21.2 Å². The van der Waals surface area contributed by atoms with E-state index in [-0.39, 0.29) is 12.4 Å². The molecule has 1 heterocycles. The van der Waals surface area contributed by atoms with Crippen molar-refractivity contribution in [3.05, 3.63) is 28.6 Å². The minimum Gasteiger partial charge on any atom is -0.506 e. The smallest absolute Gasteiger partial charge is 0.133 e. The molecule has 4 heteroatoms. The van der Waals surface area contributed by atoms with Crippen LogP contribution >= 0.6 is 22.9 Å². The number of aliphatic hydroxyl groups excluding tert-OH is 1. The van der Waals surface area contributed by atoms with Gasteiger partial charge in [0.25, 0.3) is 0 Å². The van der Waals surface area contributed by atoms with Crippen LogP contribution in [-0.4, -0.2) is 10.2 Å². The maximum atomic E-state index is 9.59. The number of aliphatic hydroxyl groups is 1. The van der Waals surface area contributed by atoms with Crippen molar-refractivity contribution in [1.29, 1.82) is 0 Å². The zero-order chi connectivity index (χ0) is 10.1. The van der Waals surface area contributed by atoms with Crippen LogP contribution in [0.1, 0.15) is 11.1 Å². The molecule has 14 heavy (non-hydrogen) atoms. The van der Waals surface area contributed by atoms with Crippen molar-refractivity contribution >= 4 is 33.0 Å². The molecule has 2 rings (SSSR count). The molecule has 0 fully saturated rings. The van der Waals surface area contributed by atoms with Gasteiger partial charge in [0.15, 0.2) is 0 Å². The number of benzene rings is 1. The van der Waals surface area contributed by atoms with E-state index in [4.69, 9.17) is 16.7 Å². The molecule has 0 amide bonds. The minimum atomic E-state index is -0.0205. The van der Waals surface area contributed by atoms with Crippen LogP contribution in [0.25, 0.3) is 10.1 Å². The van der Waals surface area contributed by atoms with Gasteiger partial charge in [0.1, 0.15) is 5.75 Å². The van der Waals surface area contributed by atoms with E-state index < -0.39 is 0 Å². The predicted octanol–water partition coefficient (Wildman–Crippen LogP) is 2.84. The Labute approximate surface area is 90.4 Å². The molecule has 0 spiro atoms. The third-order valence-corrected chi connectivity index (χ3v) is 3.52. The van der Waals surface area contributed by atoms with E-state index >= 15 is 0 Å². The number of hydrogen-bond donors (Lipinski definition) is 2. The molecule has 0 unspecified atom stereocenters. The Balaban J connectivity index is 2.82. The lowest BCUT2D eigenvalue weighted by Gasteiger charge is -2.02. The van der Waals surface area contributed by atoms with E-state index in [9.17, 15) is 5.11 Å². The average Bonchev–Trinajstić information content (AvgIpc) is 2.63. The summed E-state index contributed by atoms with van der Waals surface area (Å²) in [6.07, 6.45) is 0. The van der Waals surface area contributed by atoms with Crippen LogP contribution in [0.15, 0.2) is 17.5 Å². The van der Waals surface area contributed by atoms with Crippen LogP contribution in [0.3, 0.4) is 0 Å². The summed E-state index contributed by atoms with van der Waals surface area (Å²) in [5.74, 6) is 0.638. The summed E-state index contributed by atoms with van der Waals surface area (Å²) in [5.41, 5.74) is 1.78. The summed E-state index contributed by atoms with van der Waals surface area (Å²) in [4.78, 5) is 0. The number of halogens is 1. The van der Waals surface area contributed by atoms with E-state index in [1.807, 2.05) is 5.38 Å². The van der Waals surface area contributed by atoms with Gasteiger partial charge < -0.3 is 10.2 Å². The standard InChI is InChI=1S/C10H9ClO2S/c11-3-6-1-2-8(13)10-9(6)7(4-12)5-14-10/h1-2,5,12-13H,3-4H2. The molecule has 0 atom stereocenters. The highest BCUT2D eigenvalue weighted by Gasteiger charge is 2.10. The number of thiophene rings is 1. The molecule has 2 N–H and O–H groups in total. The zero-order valence-electron chi connectivity index (χ0n) is 7.33. The molecule has 0 saturated heterocycles. The maximum absolute atomic E-state index is 9.59. The zero-order valence-corrected chi connectivity index (χ0v) is 8.90. The number of fused-ring (bicyclic) bond motifs is 1. The molecule has 1 aromatic heterocycles. The van der Waals surface area contributed by atoms with E-state index in [2.05, 4.69) is 0 Å². The van der Waals surface area contributed by atoms with Crippen molar-refractivity contribution in [1.82, 2.24) is 0 Å². The SMILES string of the molecule is OCc1csc2c(O)ccc(CCl)c12. The summed E-state index contributed by atoms with van der Waals surface area (Å²) in [5, 5.41) is 21.4. The Morgan fingerprint density at radius 2 is 2.07 bits per heavy atom. The van der Waals surface area contributed by atoms with Gasteiger partial charge in [-0.3, -0.25) is 0 Å². The molecule has 0 saturated carbocycles. The maximum Gasteiger partial charge on any atom is 0.133 e. The molecule has 0 aliphatic carbocycles. The van der Waals surface area contributed by atoms with Gasteiger partial charge >= 0.3 is 0 Å². The fourth-order valence-electron chi connectivity index (χ4n) is 1.50. The normalized spacial score (nSPS) is 11.0. The largest absolute Gasteiger partial charge is 0.506 e. The van der Waals surface area contributed by atoms with E-state index in [1.54, 1.807) is 12.1 Å². The molecule has 0 radical (unpaired) electrons. The summed E-state index contributed by atoms with van der Waals surface area (Å²) in [6, 6.07) is 3.42. The Morgan fingerprint density at radius 3 is 2.71 bits per heavy atom. The van der Waals surface area contributed by atoms with Crippen LogP contribution in [0.4, 0.5) is 0 Å². The second-order valence-electron chi connectivity index (χ2n) is 3.00. The van der Waals surface area contributed by atoms with Crippen LogP contribution in [0.2, 0.25) is 0 Å². The van der Waals surface area contributed by atoms with Crippen molar-refractivity contribution < 1.29 is 10.2 Å². The van der Waals surface area contributed by atoms with Crippen LogP contribution in [0.5, 0.6) is 5.75 Å². The molecule has 0 aliphatic heterocycles. The fourth-order valence-corrected chi connectivity index (χ4v) is 2.74. The van der Waals surface area contributed by atoms with Crippen molar-refractivity contribution in [2.75, 3.05) is 0 Å². The highest BCUT2D eigenvalue weighted by molar-refractivity contribution is 7.17. The Bertz CT molecular complexity index is 464. The first-order valence-electron chi connectivity index (χ1n) is 4.15. The van der Waals surface area contributed by atoms with E-state index in [0.29, 0.717) is 5.88 Å². The lowest BCUT2D eigenvalue weighted by molar-refractivity contribution is 0.283. The van der Waals surface area contributed by atoms with Gasteiger partial charge in [-0.05, 0) is 22.6 Å². The summed E-state index contributed by atoms with van der Waals surface area (Å²) in [6.45, 7) is -0.0205. The number of hydrogen-bond acceptors (Lipinski definition) is 3. The Kier molecular flexibility index (Phi) is 2.63. The second-order valence-corrected chi connectivity index (χ2v) is 4.15. The van der Waals surface area contributed by atoms with Crippen molar-refractivity contribution in [2.24, 2.45) is 0 Å². The minimum absolute atomic E-state index is 0.0205. The van der Waals surface area contributed by atoms with Crippen molar-refractivity contribution in [3.8, 4) is 5.75 Å². The highest BCUT2D eigenvalue weighted by atomic mass is 35.5. The monoisotopic (exact) mass is 228 g/mol. The molecular formula is C10H9ClO2S. The van der Waals surface area contributed by atoms with Crippen molar-refractivity contribution in [3.63, 3.8) is 0 Å². The van der Waals surface area contributed by atoms with Crippen LogP contribution in [-0.2, 0) is 12.5 Å². The third-order valence-electron chi connectivity index (χ3n) is 2.18.